The van der Waals surface area contributed by atoms with Crippen molar-refractivity contribution in [2.24, 2.45) is 11.5 Å². The van der Waals surface area contributed by atoms with Crippen LogP contribution in [0.4, 0.5) is 0 Å². The Labute approximate surface area is 320 Å². The van der Waals surface area contributed by atoms with E-state index in [0.717, 1.165) is 42.4 Å². The molecule has 2 saturated heterocycles. The third-order valence-electron chi connectivity index (χ3n) is 11.2. The summed E-state index contributed by atoms with van der Waals surface area (Å²) in [5.74, 6) is 3.51. The number of benzene rings is 4. The van der Waals surface area contributed by atoms with Crippen LogP contribution in [0.1, 0.15) is 81.3 Å². The Hall–Kier alpha value is -5.65. The Bertz CT molecular complexity index is 2310. The minimum absolute atomic E-state index is 0.0192. The van der Waals surface area contributed by atoms with Crippen LogP contribution in [0, 0.1) is 0 Å². The molecule has 10 nitrogen and oxygen atoms in total. The van der Waals surface area contributed by atoms with E-state index in [2.05, 4.69) is 30.3 Å². The average Bonchev–Trinajstić information content (AvgIpc) is 3.64. The van der Waals surface area contributed by atoms with Crippen LogP contribution in [-0.2, 0) is 24.3 Å². The lowest BCUT2D eigenvalue weighted by atomic mass is 9.88. The second kappa shape index (κ2) is 16.0. The highest BCUT2D eigenvalue weighted by atomic mass is 16.6. The molecule has 280 valence electrons. The maximum Gasteiger partial charge on any atom is 0.625 e. The molecule has 2 amide bonds. The van der Waals surface area contributed by atoms with Crippen LogP contribution in [0.15, 0.2) is 106 Å². The third-order valence-corrected chi connectivity index (χ3v) is 11.2. The number of piperidine rings is 2. The summed E-state index contributed by atoms with van der Waals surface area (Å²) < 4.78 is 17.7. The van der Waals surface area contributed by atoms with E-state index < -0.39 is 12.7 Å². The molecule has 0 unspecified atom stereocenters. The van der Waals surface area contributed by atoms with E-state index >= 15 is 0 Å². The van der Waals surface area contributed by atoms with Gasteiger partial charge in [-0.15, -0.1) is 0 Å². The molecule has 0 aliphatic carbocycles. The molecular formula is C44H45BN4O6. The van der Waals surface area contributed by atoms with Crippen LogP contribution < -0.4 is 26.4 Å². The lowest BCUT2D eigenvalue weighted by Crippen LogP contribution is -2.38. The Morgan fingerprint density at radius 2 is 1.33 bits per heavy atom. The van der Waals surface area contributed by atoms with Gasteiger partial charge in [0.05, 0.1) is 6.42 Å². The molecule has 8 rings (SSSR count). The fourth-order valence-electron chi connectivity index (χ4n) is 8.17. The molecule has 55 heavy (non-hydrogen) atoms. The molecule has 4 heterocycles. The molecule has 11 heteroatoms. The highest BCUT2D eigenvalue weighted by Gasteiger charge is 2.31. The number of rotatable bonds is 9. The number of carbonyl (C=O) groups is 2. The van der Waals surface area contributed by atoms with Gasteiger partial charge in [0.15, 0.2) is 0 Å². The zero-order valence-electron chi connectivity index (χ0n) is 30.8. The van der Waals surface area contributed by atoms with Crippen molar-refractivity contribution in [1.29, 1.82) is 0 Å². The van der Waals surface area contributed by atoms with Gasteiger partial charge in [-0.25, -0.2) is 4.79 Å². The van der Waals surface area contributed by atoms with Gasteiger partial charge in [0.25, 0.3) is 5.91 Å². The molecular weight excluding hydrogens is 691 g/mol. The third kappa shape index (κ3) is 8.09. The summed E-state index contributed by atoms with van der Waals surface area (Å²) in [6, 6.07) is 29.2. The summed E-state index contributed by atoms with van der Waals surface area (Å²) in [4.78, 5) is 43.4. The second-order valence-corrected chi connectivity index (χ2v) is 14.8. The minimum atomic E-state index is -0.730. The monoisotopic (exact) mass is 736 g/mol. The molecule has 4 aromatic carbocycles. The van der Waals surface area contributed by atoms with Gasteiger partial charge in [-0.1, -0.05) is 66.7 Å². The molecule has 0 bridgehead atoms. The van der Waals surface area contributed by atoms with Crippen molar-refractivity contribution in [3.8, 4) is 11.5 Å². The topological polar surface area (TPSA) is 141 Å². The summed E-state index contributed by atoms with van der Waals surface area (Å²) in [6.45, 7) is 3.73. The Morgan fingerprint density at radius 3 is 1.96 bits per heavy atom. The first-order chi connectivity index (χ1) is 26.8. The number of hydrogen-bond donors (Lipinski definition) is 2. The van der Waals surface area contributed by atoms with Crippen molar-refractivity contribution in [2.45, 2.75) is 57.0 Å². The van der Waals surface area contributed by atoms with E-state index in [1.54, 1.807) is 18.1 Å². The first-order valence-electron chi connectivity index (χ1n) is 19.2. The van der Waals surface area contributed by atoms with E-state index in [-0.39, 0.29) is 18.2 Å². The molecule has 4 N–H and O–H groups in total. The van der Waals surface area contributed by atoms with Crippen molar-refractivity contribution >= 4 is 36.0 Å². The number of nitrogens with zero attached hydrogens (tertiary/aromatic N) is 2. The van der Waals surface area contributed by atoms with Crippen LogP contribution in [0.3, 0.4) is 0 Å². The maximum atomic E-state index is 13.5. The normalized spacial score (nSPS) is 16.4. The SMILES string of the molecule is NCc1cccc(C2CCN(C(=O)Cc3cc(=O)oc4cc5c(cc34)OB(/C=C/c3cccc(C(=O)N4CCC(c6cccc(CN)c6)CC4)c3)O5)CC2)c1. The molecule has 3 aliphatic heterocycles. The van der Waals surface area contributed by atoms with Crippen molar-refractivity contribution in [3.05, 3.63) is 146 Å². The van der Waals surface area contributed by atoms with Crippen molar-refractivity contribution in [3.63, 3.8) is 0 Å². The number of nitrogens with two attached hydrogens (primary N) is 2. The smallest absolute Gasteiger partial charge is 0.520 e. The van der Waals surface area contributed by atoms with Gasteiger partial charge in [0.1, 0.15) is 17.1 Å². The predicted octanol–water partition coefficient (Wildman–Crippen LogP) is 6.19. The van der Waals surface area contributed by atoms with E-state index in [1.807, 2.05) is 58.3 Å². The summed E-state index contributed by atoms with van der Waals surface area (Å²) in [5.41, 5.74) is 18.4. The average molecular weight is 737 g/mol. The Morgan fingerprint density at radius 1 is 0.727 bits per heavy atom. The van der Waals surface area contributed by atoms with E-state index in [9.17, 15) is 14.4 Å². The van der Waals surface area contributed by atoms with E-state index in [1.165, 1.54) is 17.2 Å². The van der Waals surface area contributed by atoms with Gasteiger partial charge in [-0.2, -0.15) is 0 Å². The standard InChI is InChI=1S/C44H45BN4O6/c46-27-30-5-2-7-34(21-30)32-11-16-48(17-12-32)42(50)23-37-24-43(51)53-39-26-41-40(25-38(37)39)54-45(55-41)15-10-29-4-1-9-36(20-29)44(52)49-18-13-33(14-19-49)35-8-3-6-31(22-35)28-47/h1-10,15,20-22,24-26,32-33H,11-14,16-19,23,27-28,46-47H2/b15-10+. The summed E-state index contributed by atoms with van der Waals surface area (Å²) in [6.07, 6.45) is 5.52. The number of fused-ring (bicyclic) bond motifs is 2. The largest absolute Gasteiger partial charge is 0.625 e. The van der Waals surface area contributed by atoms with Gasteiger partial charge in [0.2, 0.25) is 5.91 Å². The maximum absolute atomic E-state index is 13.5. The van der Waals surface area contributed by atoms with E-state index in [0.29, 0.717) is 84.7 Å². The van der Waals surface area contributed by atoms with Crippen LogP contribution in [0.5, 0.6) is 11.5 Å². The highest BCUT2D eigenvalue weighted by Crippen LogP contribution is 2.39. The quantitative estimate of drug-likeness (QED) is 0.135. The number of amides is 2. The van der Waals surface area contributed by atoms with Crippen LogP contribution in [0.25, 0.3) is 17.0 Å². The molecule has 5 aromatic rings. The van der Waals surface area contributed by atoms with Crippen molar-refractivity contribution in [2.75, 3.05) is 26.2 Å². The Kier molecular flexibility index (Phi) is 10.6. The highest BCUT2D eigenvalue weighted by molar-refractivity contribution is 6.54. The number of carbonyl (C=O) groups excluding carboxylic acids is 2. The Balaban J connectivity index is 0.890. The van der Waals surface area contributed by atoms with Crippen molar-refractivity contribution < 1.29 is 23.3 Å². The van der Waals surface area contributed by atoms with Crippen LogP contribution >= 0.6 is 0 Å². The molecule has 0 spiro atoms. The van der Waals surface area contributed by atoms with Crippen LogP contribution in [-0.4, -0.2) is 54.9 Å². The van der Waals surface area contributed by atoms with Gasteiger partial charge in [-0.05, 0) is 95.1 Å². The fraction of sp³-hybridized carbons (Fsp3) is 0.295. The lowest BCUT2D eigenvalue weighted by molar-refractivity contribution is -0.131. The molecule has 3 aliphatic rings. The minimum Gasteiger partial charge on any atom is -0.520 e. The summed E-state index contributed by atoms with van der Waals surface area (Å²) in [7, 11) is -0.730. The zero-order valence-corrected chi connectivity index (χ0v) is 30.8. The van der Waals surface area contributed by atoms with Gasteiger partial charge >= 0.3 is 12.7 Å². The van der Waals surface area contributed by atoms with Gasteiger partial charge in [0, 0.05) is 62.4 Å². The van der Waals surface area contributed by atoms with Gasteiger partial charge in [-0.3, -0.25) is 9.59 Å². The fourth-order valence-corrected chi connectivity index (χ4v) is 8.17. The second-order valence-electron chi connectivity index (χ2n) is 14.8. The molecule has 1 aromatic heterocycles. The number of hydrogen-bond acceptors (Lipinski definition) is 8. The molecule has 0 saturated carbocycles. The molecule has 0 radical (unpaired) electrons. The van der Waals surface area contributed by atoms with Crippen LogP contribution in [0.2, 0.25) is 0 Å². The first kappa shape index (κ1) is 36.3. The predicted molar refractivity (Wildman–Crippen MR) is 214 cm³/mol. The summed E-state index contributed by atoms with van der Waals surface area (Å²) in [5, 5.41) is 0.632. The molecule has 0 atom stereocenters. The zero-order chi connectivity index (χ0) is 37.9. The van der Waals surface area contributed by atoms with E-state index in [4.69, 9.17) is 25.2 Å². The lowest BCUT2D eigenvalue weighted by Gasteiger charge is -2.32. The molecule has 2 fully saturated rings. The first-order valence-corrected chi connectivity index (χ1v) is 19.2. The van der Waals surface area contributed by atoms with Crippen molar-refractivity contribution in [1.82, 2.24) is 9.80 Å². The summed E-state index contributed by atoms with van der Waals surface area (Å²) >= 11 is 0. The van der Waals surface area contributed by atoms with Gasteiger partial charge < -0.3 is 35.0 Å². The number of likely N-dealkylation sites (tertiary alicyclic amines) is 2.